The lowest BCUT2D eigenvalue weighted by molar-refractivity contribution is 0.503. The van der Waals surface area contributed by atoms with Gasteiger partial charge in [-0.15, -0.1) is 13.2 Å². The molecule has 0 saturated heterocycles. The van der Waals surface area contributed by atoms with E-state index in [2.05, 4.69) is 61.8 Å². The molecule has 0 fully saturated rings. The van der Waals surface area contributed by atoms with E-state index in [9.17, 15) is 0 Å². The van der Waals surface area contributed by atoms with Crippen LogP contribution < -0.4 is 5.32 Å². The Morgan fingerprint density at radius 3 is 2.00 bits per heavy atom. The van der Waals surface area contributed by atoms with Gasteiger partial charge in [-0.1, -0.05) is 60.2 Å². The summed E-state index contributed by atoms with van der Waals surface area (Å²) in [6, 6.07) is 19.0. The smallest absolute Gasteiger partial charge is 0.0693 e. The number of para-hydroxylation sites is 1. The molecule has 2 aromatic carbocycles. The van der Waals surface area contributed by atoms with Crippen molar-refractivity contribution in [1.82, 2.24) is 0 Å². The monoisotopic (exact) mass is 277 g/mol. The summed E-state index contributed by atoms with van der Waals surface area (Å²) in [5.41, 5.74) is 3.45. The van der Waals surface area contributed by atoms with Crippen molar-refractivity contribution in [3.05, 3.63) is 91.0 Å². The maximum atomic E-state index is 3.94. The van der Waals surface area contributed by atoms with Gasteiger partial charge in [0.2, 0.25) is 0 Å². The van der Waals surface area contributed by atoms with Crippen molar-refractivity contribution in [2.75, 3.05) is 5.32 Å². The van der Waals surface area contributed by atoms with Crippen LogP contribution in [0.3, 0.4) is 0 Å². The molecule has 1 N–H and O–H groups in total. The van der Waals surface area contributed by atoms with E-state index >= 15 is 0 Å². The highest BCUT2D eigenvalue weighted by atomic mass is 15.0. The van der Waals surface area contributed by atoms with E-state index < -0.39 is 0 Å². The number of aryl methyl sites for hydroxylation is 1. The van der Waals surface area contributed by atoms with Gasteiger partial charge in [0, 0.05) is 5.69 Å². The molecule has 0 amide bonds. The predicted octanol–water partition coefficient (Wildman–Crippen LogP) is 5.45. The van der Waals surface area contributed by atoms with Crippen molar-refractivity contribution in [2.45, 2.75) is 25.3 Å². The number of hydrogen-bond acceptors (Lipinski definition) is 1. The largest absolute Gasteiger partial charge is 0.375 e. The summed E-state index contributed by atoms with van der Waals surface area (Å²) in [5.74, 6) is 0. The third kappa shape index (κ3) is 3.63. The zero-order chi connectivity index (χ0) is 15.1. The minimum absolute atomic E-state index is 0.196. The normalized spacial score (nSPS) is 10.9. The fourth-order valence-electron chi connectivity index (χ4n) is 2.66. The molecule has 0 bridgehead atoms. The molecular weight excluding hydrogens is 254 g/mol. The van der Waals surface area contributed by atoms with Crippen LogP contribution in [0.15, 0.2) is 79.9 Å². The van der Waals surface area contributed by atoms with Crippen molar-refractivity contribution >= 4 is 5.69 Å². The molecule has 0 spiro atoms. The first kappa shape index (κ1) is 15.1. The third-order valence-corrected chi connectivity index (χ3v) is 3.75. The first-order valence-corrected chi connectivity index (χ1v) is 7.32. The van der Waals surface area contributed by atoms with Gasteiger partial charge in [-0.25, -0.2) is 0 Å². The summed E-state index contributed by atoms with van der Waals surface area (Å²) in [5, 5.41) is 3.69. The van der Waals surface area contributed by atoms with Gasteiger partial charge in [0.1, 0.15) is 0 Å². The number of anilines is 1. The van der Waals surface area contributed by atoms with E-state index in [1.54, 1.807) is 0 Å². The zero-order valence-corrected chi connectivity index (χ0v) is 12.7. The van der Waals surface area contributed by atoms with Crippen LogP contribution in [0.1, 0.15) is 24.0 Å². The van der Waals surface area contributed by atoms with Gasteiger partial charge >= 0.3 is 0 Å². The minimum atomic E-state index is -0.196. The van der Waals surface area contributed by atoms with Gasteiger partial charge in [-0.2, -0.15) is 0 Å². The van der Waals surface area contributed by atoms with Crippen molar-refractivity contribution in [3.63, 3.8) is 0 Å². The lowest BCUT2D eigenvalue weighted by Gasteiger charge is -2.35. The SMILES string of the molecule is C=CCC(CC=C)(Nc1ccccc1)c1ccc(C)cc1. The van der Waals surface area contributed by atoms with Gasteiger partial charge in [0.05, 0.1) is 5.54 Å². The molecule has 108 valence electrons. The fraction of sp³-hybridized carbons (Fsp3) is 0.200. The highest BCUT2D eigenvalue weighted by Crippen LogP contribution is 2.34. The van der Waals surface area contributed by atoms with Gasteiger partial charge in [0.15, 0.2) is 0 Å². The molecule has 0 atom stereocenters. The van der Waals surface area contributed by atoms with Gasteiger partial charge in [-0.3, -0.25) is 0 Å². The Bertz CT molecular complexity index is 571. The zero-order valence-electron chi connectivity index (χ0n) is 12.7. The van der Waals surface area contributed by atoms with Crippen LogP contribution in [0, 0.1) is 6.92 Å². The van der Waals surface area contributed by atoms with E-state index in [1.807, 2.05) is 30.4 Å². The third-order valence-electron chi connectivity index (χ3n) is 3.75. The minimum Gasteiger partial charge on any atom is -0.375 e. The summed E-state index contributed by atoms with van der Waals surface area (Å²) < 4.78 is 0. The summed E-state index contributed by atoms with van der Waals surface area (Å²) in [6.07, 6.45) is 5.63. The van der Waals surface area contributed by atoms with Gasteiger partial charge in [-0.05, 0) is 37.5 Å². The number of rotatable bonds is 7. The molecular formula is C20H23N. The highest BCUT2D eigenvalue weighted by molar-refractivity contribution is 5.48. The fourth-order valence-corrected chi connectivity index (χ4v) is 2.66. The van der Waals surface area contributed by atoms with E-state index in [0.717, 1.165) is 18.5 Å². The molecule has 2 aromatic rings. The average Bonchev–Trinajstić information content (AvgIpc) is 2.49. The molecule has 0 aliphatic heterocycles. The molecule has 0 heterocycles. The summed E-state index contributed by atoms with van der Waals surface area (Å²) >= 11 is 0. The number of benzene rings is 2. The second kappa shape index (κ2) is 6.94. The molecule has 0 saturated carbocycles. The second-order valence-electron chi connectivity index (χ2n) is 5.42. The van der Waals surface area contributed by atoms with Crippen LogP contribution in [-0.2, 0) is 5.54 Å². The first-order chi connectivity index (χ1) is 10.2. The molecule has 2 rings (SSSR count). The Morgan fingerprint density at radius 1 is 0.905 bits per heavy atom. The molecule has 0 aliphatic carbocycles. The average molecular weight is 277 g/mol. The molecule has 21 heavy (non-hydrogen) atoms. The van der Waals surface area contributed by atoms with Crippen molar-refractivity contribution in [1.29, 1.82) is 0 Å². The molecule has 0 unspecified atom stereocenters. The van der Waals surface area contributed by atoms with Crippen LogP contribution in [-0.4, -0.2) is 0 Å². The number of nitrogens with one attached hydrogen (secondary N) is 1. The van der Waals surface area contributed by atoms with Crippen molar-refractivity contribution in [3.8, 4) is 0 Å². The van der Waals surface area contributed by atoms with Crippen LogP contribution >= 0.6 is 0 Å². The highest BCUT2D eigenvalue weighted by Gasteiger charge is 2.29. The topological polar surface area (TPSA) is 12.0 Å². The Hall–Kier alpha value is -2.28. The Morgan fingerprint density at radius 2 is 1.48 bits per heavy atom. The van der Waals surface area contributed by atoms with Gasteiger partial charge in [0.25, 0.3) is 0 Å². The first-order valence-electron chi connectivity index (χ1n) is 7.32. The maximum absolute atomic E-state index is 3.94. The lowest BCUT2D eigenvalue weighted by atomic mass is 9.82. The van der Waals surface area contributed by atoms with Crippen LogP contribution in [0.25, 0.3) is 0 Å². The van der Waals surface area contributed by atoms with Crippen LogP contribution in [0.2, 0.25) is 0 Å². The second-order valence-corrected chi connectivity index (χ2v) is 5.42. The summed E-state index contributed by atoms with van der Waals surface area (Å²) in [4.78, 5) is 0. The quantitative estimate of drug-likeness (QED) is 0.663. The van der Waals surface area contributed by atoms with E-state index in [-0.39, 0.29) is 5.54 Å². The molecule has 0 aromatic heterocycles. The Labute approximate surface area is 128 Å². The van der Waals surface area contributed by atoms with E-state index in [1.165, 1.54) is 11.1 Å². The Kier molecular flexibility index (Phi) is 4.99. The van der Waals surface area contributed by atoms with E-state index in [4.69, 9.17) is 0 Å². The summed E-state index contributed by atoms with van der Waals surface area (Å²) in [7, 11) is 0. The molecule has 1 nitrogen and oxygen atoms in total. The van der Waals surface area contributed by atoms with Gasteiger partial charge < -0.3 is 5.32 Å². The number of hydrogen-bond donors (Lipinski definition) is 1. The maximum Gasteiger partial charge on any atom is 0.0693 e. The van der Waals surface area contributed by atoms with Crippen molar-refractivity contribution < 1.29 is 0 Å². The molecule has 0 aliphatic rings. The van der Waals surface area contributed by atoms with E-state index in [0.29, 0.717) is 0 Å². The molecule has 0 radical (unpaired) electrons. The van der Waals surface area contributed by atoms with Crippen LogP contribution in [0.4, 0.5) is 5.69 Å². The standard InChI is InChI=1S/C20H23N/c1-4-15-20(16-5-2,18-13-11-17(3)12-14-18)21-19-9-7-6-8-10-19/h4-14,21H,1-2,15-16H2,3H3. The summed E-state index contributed by atoms with van der Waals surface area (Å²) in [6.45, 7) is 9.98. The molecule has 1 heteroatoms. The van der Waals surface area contributed by atoms with Crippen molar-refractivity contribution in [2.24, 2.45) is 0 Å². The lowest BCUT2D eigenvalue weighted by Crippen LogP contribution is -2.34. The van der Waals surface area contributed by atoms with Crippen LogP contribution in [0.5, 0.6) is 0 Å². The predicted molar refractivity (Wildman–Crippen MR) is 92.5 cm³/mol. The Balaban J connectivity index is 2.43.